The highest BCUT2D eigenvalue weighted by atomic mass is 35.5. The van der Waals surface area contributed by atoms with Crippen LogP contribution in [0.4, 0.5) is 0 Å². The van der Waals surface area contributed by atoms with Crippen molar-refractivity contribution < 1.29 is 19.3 Å². The Bertz CT molecular complexity index is 858. The number of aliphatic hydroxyl groups excluding tert-OH is 1. The molecule has 54 heavy (non-hydrogen) atoms. The monoisotopic (exact) mass is 782 g/mol. The first-order valence-corrected chi connectivity index (χ1v) is 23.1. The van der Waals surface area contributed by atoms with Gasteiger partial charge in [0.15, 0.2) is 0 Å². The molecule has 320 valence electrons. The molecule has 0 aliphatic rings. The molecule has 5 nitrogen and oxygen atoms in total. The van der Waals surface area contributed by atoms with Crippen LogP contribution in [0.2, 0.25) is 0 Å². The Labute approximate surface area is 343 Å². The molecule has 0 amide bonds. The molecule has 1 aromatic rings. The van der Waals surface area contributed by atoms with Gasteiger partial charge in [0, 0.05) is 25.3 Å². The predicted molar refractivity (Wildman–Crippen MR) is 237 cm³/mol. The summed E-state index contributed by atoms with van der Waals surface area (Å²) in [6.45, 7) is 14.7. The fraction of sp³-hybridized carbons (Fsp3) is 0.875. The van der Waals surface area contributed by atoms with Crippen LogP contribution >= 0.6 is 12.4 Å². The zero-order chi connectivity index (χ0) is 38.5. The van der Waals surface area contributed by atoms with Crippen molar-refractivity contribution in [2.75, 3.05) is 33.0 Å². The van der Waals surface area contributed by atoms with Crippen molar-refractivity contribution in [2.24, 2.45) is 0 Å². The van der Waals surface area contributed by atoms with Crippen molar-refractivity contribution in [1.29, 1.82) is 0 Å². The van der Waals surface area contributed by atoms with Crippen molar-refractivity contribution >= 4 is 12.4 Å². The Balaban J connectivity index is 0.0000281. The average molecular weight is 783 g/mol. The van der Waals surface area contributed by atoms with E-state index in [9.17, 15) is 5.11 Å². The lowest BCUT2D eigenvalue weighted by atomic mass is 10.0. The van der Waals surface area contributed by atoms with Crippen LogP contribution in [0.1, 0.15) is 232 Å². The second-order valence-electron chi connectivity index (χ2n) is 17.2. The SMILES string of the molecule is CCCCCCCCCCCCCCCCOCC(COCCCCCCCCCCCCCCCC)OCc1cccc(C(O)CNC(C)(C)C)c1.Cl. The maximum absolute atomic E-state index is 10.8. The van der Waals surface area contributed by atoms with E-state index in [2.05, 4.69) is 52.1 Å². The fourth-order valence-electron chi connectivity index (χ4n) is 7.00. The van der Waals surface area contributed by atoms with Crippen molar-refractivity contribution in [3.05, 3.63) is 35.4 Å². The molecule has 1 atom stereocenters. The summed E-state index contributed by atoms with van der Waals surface area (Å²) in [4.78, 5) is 0. The van der Waals surface area contributed by atoms with E-state index in [-0.39, 0.29) is 24.0 Å². The van der Waals surface area contributed by atoms with Gasteiger partial charge in [0.1, 0.15) is 6.10 Å². The number of nitrogens with one attached hydrogen (secondary N) is 1. The van der Waals surface area contributed by atoms with Gasteiger partial charge in [-0.05, 0) is 44.7 Å². The standard InChI is InChI=1S/C48H91NO4.ClH/c1-6-8-10-12-14-16-18-20-22-24-26-28-30-32-37-51-42-46(53-41-44-35-34-36-45(39-44)47(50)40-49-48(3,4)5)43-52-38-33-31-29-27-25-23-21-19-17-15-13-11-9-7-2;/h34-36,39,46-47,49-50H,6-33,37-38,40-43H2,1-5H3;1H. The second kappa shape index (κ2) is 39.2. The highest BCUT2D eigenvalue weighted by Crippen LogP contribution is 2.18. The van der Waals surface area contributed by atoms with E-state index in [4.69, 9.17) is 14.2 Å². The van der Waals surface area contributed by atoms with Gasteiger partial charge in [0.05, 0.1) is 25.9 Å². The van der Waals surface area contributed by atoms with Crippen LogP contribution < -0.4 is 5.32 Å². The molecule has 0 heterocycles. The minimum atomic E-state index is -0.549. The number of aliphatic hydroxyl groups is 1. The van der Waals surface area contributed by atoms with E-state index in [1.165, 1.54) is 167 Å². The molecule has 0 radical (unpaired) electrons. The van der Waals surface area contributed by atoms with E-state index in [1.807, 2.05) is 12.1 Å². The molecule has 0 aliphatic heterocycles. The zero-order valence-electron chi connectivity index (χ0n) is 36.6. The average Bonchev–Trinajstić information content (AvgIpc) is 3.15. The first kappa shape index (κ1) is 53.3. The molecule has 0 saturated carbocycles. The van der Waals surface area contributed by atoms with E-state index in [0.29, 0.717) is 26.4 Å². The summed E-state index contributed by atoms with van der Waals surface area (Å²) in [5.41, 5.74) is 1.96. The summed E-state index contributed by atoms with van der Waals surface area (Å²) in [5.74, 6) is 0. The lowest BCUT2D eigenvalue weighted by Gasteiger charge is -2.23. The van der Waals surface area contributed by atoms with Crippen molar-refractivity contribution in [1.82, 2.24) is 5.32 Å². The summed E-state index contributed by atoms with van der Waals surface area (Å²) >= 11 is 0. The van der Waals surface area contributed by atoms with E-state index >= 15 is 0 Å². The topological polar surface area (TPSA) is 60.0 Å². The molecule has 2 N–H and O–H groups in total. The van der Waals surface area contributed by atoms with Gasteiger partial charge < -0.3 is 24.6 Å². The number of rotatable bonds is 40. The van der Waals surface area contributed by atoms with E-state index < -0.39 is 6.10 Å². The van der Waals surface area contributed by atoms with Gasteiger partial charge in [-0.3, -0.25) is 0 Å². The Morgan fingerprint density at radius 3 is 1.30 bits per heavy atom. The van der Waals surface area contributed by atoms with Crippen LogP contribution in [0.15, 0.2) is 24.3 Å². The molecule has 0 fully saturated rings. The summed E-state index contributed by atoms with van der Waals surface area (Å²) < 4.78 is 18.7. The summed E-state index contributed by atoms with van der Waals surface area (Å²) in [6.07, 6.45) is 37.6. The van der Waals surface area contributed by atoms with E-state index in [0.717, 1.165) is 37.2 Å². The van der Waals surface area contributed by atoms with Crippen molar-refractivity contribution in [2.45, 2.75) is 239 Å². The summed E-state index contributed by atoms with van der Waals surface area (Å²) in [7, 11) is 0. The summed E-state index contributed by atoms with van der Waals surface area (Å²) in [6, 6.07) is 8.16. The summed E-state index contributed by atoms with van der Waals surface area (Å²) in [5, 5.41) is 14.2. The number of unbranched alkanes of at least 4 members (excludes halogenated alkanes) is 26. The molecule has 1 rings (SSSR count). The van der Waals surface area contributed by atoms with Gasteiger partial charge in [-0.25, -0.2) is 0 Å². The maximum Gasteiger partial charge on any atom is 0.105 e. The molecule has 1 unspecified atom stereocenters. The normalized spacial score (nSPS) is 12.4. The number of halogens is 1. The third-order valence-electron chi connectivity index (χ3n) is 10.5. The van der Waals surface area contributed by atoms with Gasteiger partial charge in [0.25, 0.3) is 0 Å². The highest BCUT2D eigenvalue weighted by molar-refractivity contribution is 5.85. The van der Waals surface area contributed by atoms with Crippen molar-refractivity contribution in [3.8, 4) is 0 Å². The van der Waals surface area contributed by atoms with E-state index in [1.54, 1.807) is 0 Å². The fourth-order valence-corrected chi connectivity index (χ4v) is 7.00. The molecular formula is C48H92ClNO4. The smallest absolute Gasteiger partial charge is 0.105 e. The van der Waals surface area contributed by atoms with Crippen LogP contribution in [0, 0.1) is 0 Å². The largest absolute Gasteiger partial charge is 0.387 e. The number of β-amino-alcohol motifs (C(OH)–C–C–N with tert-alkyl or cyclic N) is 1. The minimum absolute atomic E-state index is 0. The zero-order valence-corrected chi connectivity index (χ0v) is 37.4. The number of hydrogen-bond donors (Lipinski definition) is 2. The lowest BCUT2D eigenvalue weighted by Crippen LogP contribution is -2.38. The lowest BCUT2D eigenvalue weighted by molar-refractivity contribution is -0.0674. The molecule has 0 aliphatic carbocycles. The van der Waals surface area contributed by atoms with Gasteiger partial charge in [-0.15, -0.1) is 12.4 Å². The molecule has 1 aromatic carbocycles. The Hall–Kier alpha value is -0.690. The third kappa shape index (κ3) is 35.7. The van der Waals surface area contributed by atoms with Crippen molar-refractivity contribution in [3.63, 3.8) is 0 Å². The van der Waals surface area contributed by atoms with Crippen LogP contribution in [0.5, 0.6) is 0 Å². The molecule has 0 aromatic heterocycles. The number of benzene rings is 1. The van der Waals surface area contributed by atoms with Crippen LogP contribution in [-0.2, 0) is 20.8 Å². The second-order valence-corrected chi connectivity index (χ2v) is 17.2. The first-order valence-electron chi connectivity index (χ1n) is 23.1. The predicted octanol–water partition coefficient (Wildman–Crippen LogP) is 14.4. The molecule has 6 heteroatoms. The minimum Gasteiger partial charge on any atom is -0.387 e. The Kier molecular flexibility index (Phi) is 38.6. The van der Waals surface area contributed by atoms with Gasteiger partial charge in [-0.1, -0.05) is 205 Å². The molecular weight excluding hydrogens is 690 g/mol. The Morgan fingerprint density at radius 1 is 0.556 bits per heavy atom. The van der Waals surface area contributed by atoms with Gasteiger partial charge >= 0.3 is 0 Å². The van der Waals surface area contributed by atoms with Gasteiger partial charge in [-0.2, -0.15) is 0 Å². The van der Waals surface area contributed by atoms with Crippen LogP contribution in [0.3, 0.4) is 0 Å². The first-order chi connectivity index (χ1) is 25.9. The van der Waals surface area contributed by atoms with Crippen LogP contribution in [-0.4, -0.2) is 49.7 Å². The molecule has 0 saturated heterocycles. The van der Waals surface area contributed by atoms with Gasteiger partial charge in [0.2, 0.25) is 0 Å². The number of hydrogen-bond acceptors (Lipinski definition) is 5. The number of ether oxygens (including phenoxy) is 3. The quantitative estimate of drug-likeness (QED) is 0.0649. The molecule has 0 spiro atoms. The van der Waals surface area contributed by atoms with Crippen LogP contribution in [0.25, 0.3) is 0 Å². The Morgan fingerprint density at radius 2 is 0.926 bits per heavy atom. The third-order valence-corrected chi connectivity index (χ3v) is 10.5. The highest BCUT2D eigenvalue weighted by Gasteiger charge is 2.15. The maximum atomic E-state index is 10.8. The molecule has 0 bridgehead atoms.